The molecule has 1 saturated heterocycles. The van der Waals surface area contributed by atoms with Crippen LogP contribution in [0.5, 0.6) is 0 Å². The first-order valence-electron chi connectivity index (χ1n) is 13.7. The molecule has 2 amide bonds. The number of nitrogens with zero attached hydrogens (tertiary/aromatic N) is 5. The van der Waals surface area contributed by atoms with Gasteiger partial charge in [0.2, 0.25) is 0 Å². The van der Waals surface area contributed by atoms with Gasteiger partial charge in [-0.15, -0.1) is 0 Å². The van der Waals surface area contributed by atoms with Gasteiger partial charge in [-0.05, 0) is 63.6 Å². The molecule has 0 bridgehead atoms. The number of carbonyl (C=O) groups excluding carboxylic acids is 1. The van der Waals surface area contributed by atoms with Crippen LogP contribution < -0.4 is 22.1 Å². The van der Waals surface area contributed by atoms with Gasteiger partial charge in [0, 0.05) is 31.7 Å². The molecule has 2 aromatic carbocycles. The maximum absolute atomic E-state index is 15.3. The van der Waals surface area contributed by atoms with E-state index in [1.54, 1.807) is 27.7 Å². The van der Waals surface area contributed by atoms with Gasteiger partial charge >= 0.3 is 11.7 Å². The van der Waals surface area contributed by atoms with Gasteiger partial charge in [-0.1, -0.05) is 12.1 Å². The number of hydrogen-bond donors (Lipinski definition) is 1. The van der Waals surface area contributed by atoms with Crippen molar-refractivity contribution in [3.05, 3.63) is 79.7 Å². The minimum absolute atomic E-state index is 0.131. The van der Waals surface area contributed by atoms with Crippen LogP contribution >= 0.6 is 0 Å². The third-order valence-electron chi connectivity index (χ3n) is 7.92. The molecule has 40 heavy (non-hydrogen) atoms. The summed E-state index contributed by atoms with van der Waals surface area (Å²) in [5.41, 5.74) is -0.423. The minimum atomic E-state index is -0.738. The summed E-state index contributed by atoms with van der Waals surface area (Å²) in [7, 11) is 0. The summed E-state index contributed by atoms with van der Waals surface area (Å²) in [6.07, 6.45) is 4.80. The first-order valence-corrected chi connectivity index (χ1v) is 13.7. The summed E-state index contributed by atoms with van der Waals surface area (Å²) in [4.78, 5) is 58.8. The van der Waals surface area contributed by atoms with Gasteiger partial charge in [0.05, 0.1) is 39.9 Å². The maximum atomic E-state index is 15.3. The van der Waals surface area contributed by atoms with Crippen molar-refractivity contribution in [3.8, 4) is 0 Å². The fraction of sp³-hybridized carbons (Fsp3) is 0.414. The Kier molecular flexibility index (Phi) is 6.52. The number of carbonyl (C=O) groups is 1. The van der Waals surface area contributed by atoms with Crippen molar-refractivity contribution >= 4 is 33.5 Å². The zero-order valence-electron chi connectivity index (χ0n) is 22.5. The molecule has 0 radical (unpaired) electrons. The van der Waals surface area contributed by atoms with E-state index < -0.39 is 23.1 Å². The van der Waals surface area contributed by atoms with E-state index in [1.807, 2.05) is 19.9 Å². The highest BCUT2D eigenvalue weighted by atomic mass is 19.1. The molecule has 1 N–H and O–H groups in total. The molecule has 3 heterocycles. The van der Waals surface area contributed by atoms with Crippen LogP contribution in [0.15, 0.2) is 57.1 Å². The number of halogens is 1. The molecule has 4 aromatic rings. The predicted molar refractivity (Wildman–Crippen MR) is 150 cm³/mol. The molecule has 2 fully saturated rings. The highest BCUT2D eigenvalue weighted by Crippen LogP contribution is 2.30. The molecule has 1 aliphatic carbocycles. The summed E-state index contributed by atoms with van der Waals surface area (Å²) in [5, 5.41) is 3.31. The standard InChI is InChI=1S/C29H31FN6O4/c1-17(2)36-25-13-22(30)24(12-21(25)27(38)34(29(36)40)14-18-9-10-18)32-28(39)33-11-5-6-19(15-33)35-16-31-23-8-4-3-7-20(23)26(35)37/h3-4,7-8,12-13,16-19H,5-6,9-11,14-15H2,1-2H3,(H,32,39). The monoisotopic (exact) mass is 546 g/mol. The molecule has 1 aliphatic heterocycles. The van der Waals surface area contributed by atoms with Gasteiger partial charge in [-0.25, -0.2) is 19.0 Å². The first-order chi connectivity index (χ1) is 19.2. The van der Waals surface area contributed by atoms with E-state index in [9.17, 15) is 19.2 Å². The Morgan fingerprint density at radius 1 is 1.07 bits per heavy atom. The molecule has 6 rings (SSSR count). The number of amides is 2. The average molecular weight is 547 g/mol. The second kappa shape index (κ2) is 10.0. The second-order valence-electron chi connectivity index (χ2n) is 11.1. The molecule has 1 atom stereocenters. The van der Waals surface area contributed by atoms with Crippen molar-refractivity contribution in [2.75, 3.05) is 18.4 Å². The Labute approximate surface area is 228 Å². The van der Waals surface area contributed by atoms with Crippen molar-refractivity contribution in [1.82, 2.24) is 23.6 Å². The summed E-state index contributed by atoms with van der Waals surface area (Å²) < 4.78 is 19.5. The second-order valence-corrected chi connectivity index (χ2v) is 11.1. The van der Waals surface area contributed by atoms with E-state index in [4.69, 9.17) is 0 Å². The third-order valence-corrected chi connectivity index (χ3v) is 7.92. The van der Waals surface area contributed by atoms with Crippen LogP contribution in [0.25, 0.3) is 21.8 Å². The van der Waals surface area contributed by atoms with E-state index in [0.29, 0.717) is 42.8 Å². The fourth-order valence-corrected chi connectivity index (χ4v) is 5.62. The SMILES string of the molecule is CC(C)n1c(=O)n(CC2CC2)c(=O)c2cc(NC(=O)N3CCCC(n4cnc5ccccc5c4=O)C3)c(F)cc21. The number of hydrogen-bond acceptors (Lipinski definition) is 5. The lowest BCUT2D eigenvalue weighted by Gasteiger charge is -2.33. The summed E-state index contributed by atoms with van der Waals surface area (Å²) in [6.45, 7) is 4.64. The van der Waals surface area contributed by atoms with Gasteiger partial charge in [0.15, 0.2) is 0 Å². The van der Waals surface area contributed by atoms with Crippen molar-refractivity contribution in [2.45, 2.75) is 58.2 Å². The predicted octanol–water partition coefficient (Wildman–Crippen LogP) is 3.87. The smallest absolute Gasteiger partial charge is 0.322 e. The number of likely N-dealkylation sites (tertiary alicyclic amines) is 1. The Balaban J connectivity index is 1.30. The number of anilines is 1. The number of para-hydroxylation sites is 1. The number of urea groups is 1. The highest BCUT2D eigenvalue weighted by Gasteiger charge is 2.28. The van der Waals surface area contributed by atoms with E-state index in [1.165, 1.54) is 21.5 Å². The Morgan fingerprint density at radius 3 is 2.60 bits per heavy atom. The van der Waals surface area contributed by atoms with Crippen molar-refractivity contribution < 1.29 is 9.18 Å². The van der Waals surface area contributed by atoms with Crippen molar-refractivity contribution in [3.63, 3.8) is 0 Å². The number of aromatic nitrogens is 4. The van der Waals surface area contributed by atoms with Crippen LogP contribution in [0.1, 0.15) is 51.6 Å². The average Bonchev–Trinajstić information content (AvgIpc) is 3.76. The Morgan fingerprint density at radius 2 is 1.85 bits per heavy atom. The van der Waals surface area contributed by atoms with Crippen LogP contribution in [0.3, 0.4) is 0 Å². The lowest BCUT2D eigenvalue weighted by Crippen LogP contribution is -2.45. The van der Waals surface area contributed by atoms with Gasteiger partial charge in [0.1, 0.15) is 5.82 Å². The molecular weight excluding hydrogens is 515 g/mol. The van der Waals surface area contributed by atoms with Crippen LogP contribution in [-0.4, -0.2) is 42.7 Å². The van der Waals surface area contributed by atoms with Gasteiger partial charge in [0.25, 0.3) is 11.1 Å². The number of piperidine rings is 1. The van der Waals surface area contributed by atoms with E-state index >= 15 is 4.39 Å². The maximum Gasteiger partial charge on any atom is 0.331 e. The zero-order chi connectivity index (χ0) is 28.1. The van der Waals surface area contributed by atoms with Crippen LogP contribution in [0.4, 0.5) is 14.9 Å². The summed E-state index contributed by atoms with van der Waals surface area (Å²) >= 11 is 0. The summed E-state index contributed by atoms with van der Waals surface area (Å²) in [5.74, 6) is -0.446. The fourth-order valence-electron chi connectivity index (χ4n) is 5.62. The molecule has 1 saturated carbocycles. The highest BCUT2D eigenvalue weighted by molar-refractivity contribution is 5.93. The van der Waals surface area contributed by atoms with Gasteiger partial charge in [-0.3, -0.25) is 23.3 Å². The Hall–Kier alpha value is -4.28. The first kappa shape index (κ1) is 26.0. The van der Waals surface area contributed by atoms with Crippen LogP contribution in [-0.2, 0) is 6.54 Å². The topological polar surface area (TPSA) is 111 Å². The molecule has 208 valence electrons. The molecule has 2 aromatic heterocycles. The van der Waals surface area contributed by atoms with Gasteiger partial charge in [-0.2, -0.15) is 0 Å². The van der Waals surface area contributed by atoms with E-state index in [0.717, 1.165) is 18.9 Å². The van der Waals surface area contributed by atoms with Crippen LogP contribution in [0.2, 0.25) is 0 Å². The van der Waals surface area contributed by atoms with E-state index in [2.05, 4.69) is 10.3 Å². The normalized spacial score (nSPS) is 17.6. The van der Waals surface area contributed by atoms with Crippen molar-refractivity contribution in [1.29, 1.82) is 0 Å². The molecule has 11 heteroatoms. The molecule has 1 unspecified atom stereocenters. The van der Waals surface area contributed by atoms with Crippen molar-refractivity contribution in [2.24, 2.45) is 5.92 Å². The molecule has 0 spiro atoms. The quantitative estimate of drug-likeness (QED) is 0.409. The lowest BCUT2D eigenvalue weighted by molar-refractivity contribution is 0.177. The number of fused-ring (bicyclic) bond motifs is 2. The minimum Gasteiger partial charge on any atom is -0.322 e. The number of nitrogens with one attached hydrogen (secondary N) is 1. The molecular formula is C29H31FN6O4. The summed E-state index contributed by atoms with van der Waals surface area (Å²) in [6, 6.07) is 8.49. The number of rotatable bonds is 5. The zero-order valence-corrected chi connectivity index (χ0v) is 22.5. The number of benzene rings is 2. The Bertz CT molecular complexity index is 1820. The largest absolute Gasteiger partial charge is 0.331 e. The third kappa shape index (κ3) is 4.59. The van der Waals surface area contributed by atoms with E-state index in [-0.39, 0.29) is 40.8 Å². The van der Waals surface area contributed by atoms with Gasteiger partial charge < -0.3 is 10.2 Å². The lowest BCUT2D eigenvalue weighted by atomic mass is 10.1. The molecule has 2 aliphatic rings. The molecule has 10 nitrogen and oxygen atoms in total. The van der Waals surface area contributed by atoms with Crippen LogP contribution in [0, 0.1) is 11.7 Å².